The molecule has 2 unspecified atom stereocenters. The van der Waals surface area contributed by atoms with Gasteiger partial charge in [-0.2, -0.15) is 0 Å². The molecule has 0 amide bonds. The van der Waals surface area contributed by atoms with Gasteiger partial charge in [0, 0.05) is 31.4 Å². The van der Waals surface area contributed by atoms with E-state index in [4.69, 9.17) is 31.3 Å². The second-order valence-electron chi connectivity index (χ2n) is 19.8. The zero-order valence-electron chi connectivity index (χ0n) is 48.6. The molecule has 15 heteroatoms. The highest BCUT2D eigenvalue weighted by molar-refractivity contribution is 8.13. The molecule has 0 saturated heterocycles. The van der Waals surface area contributed by atoms with Crippen LogP contribution in [-0.2, 0) is 51.2 Å². The van der Waals surface area contributed by atoms with Crippen LogP contribution in [0.15, 0.2) is 182 Å². The van der Waals surface area contributed by atoms with E-state index in [0.29, 0.717) is 36.9 Å². The van der Waals surface area contributed by atoms with Crippen LogP contribution in [0.3, 0.4) is 0 Å². The fraction of sp³-hybridized carbons (Fsp3) is 0.294. The van der Waals surface area contributed by atoms with Gasteiger partial charge in [-0.25, -0.2) is 9.59 Å². The minimum Gasteiger partial charge on any atom is -0.508 e. The molecule has 0 spiro atoms. The molecule has 0 radical (unpaired) electrons. The molecule has 0 aliphatic heterocycles. The van der Waals surface area contributed by atoms with Gasteiger partial charge in [0.1, 0.15) is 24.0 Å². The van der Waals surface area contributed by atoms with Crippen LogP contribution in [0.1, 0.15) is 113 Å². The van der Waals surface area contributed by atoms with E-state index in [1.54, 1.807) is 37.5 Å². The van der Waals surface area contributed by atoms with Crippen LogP contribution in [0.2, 0.25) is 0 Å². The topological polar surface area (TPSA) is 264 Å². The third-order valence-corrected chi connectivity index (χ3v) is 13.6. The number of phenolic OH excluding ortho intramolecular Hbond substituents is 1. The first-order valence-corrected chi connectivity index (χ1v) is 28.2. The number of hydrogen-bond donors (Lipinski definition) is 6. The first-order chi connectivity index (χ1) is 39.3. The highest BCUT2D eigenvalue weighted by atomic mass is 32.2. The van der Waals surface area contributed by atoms with Gasteiger partial charge in [0.15, 0.2) is 16.7 Å². The molecule has 5 aromatic carbocycles. The summed E-state index contributed by atoms with van der Waals surface area (Å²) in [6.07, 6.45) is 18.4. The Morgan fingerprint density at radius 3 is 1.61 bits per heavy atom. The van der Waals surface area contributed by atoms with Gasteiger partial charge in [-0.05, 0) is 141 Å². The summed E-state index contributed by atoms with van der Waals surface area (Å²) in [6.45, 7) is 16.3. The number of rotatable bonds is 16. The Balaban J connectivity index is 0.000000488. The van der Waals surface area contributed by atoms with Crippen LogP contribution in [0.25, 0.3) is 18.2 Å². The molecule has 2 aliphatic rings. The maximum absolute atomic E-state index is 11.6. The monoisotopic (exact) mass is 1150 g/mol. The van der Waals surface area contributed by atoms with Gasteiger partial charge in [0.25, 0.3) is 0 Å². The van der Waals surface area contributed by atoms with E-state index in [9.17, 15) is 38.4 Å². The average molecular weight is 1150 g/mol. The molecule has 83 heavy (non-hydrogen) atoms. The van der Waals surface area contributed by atoms with Crippen LogP contribution in [0, 0.1) is 24.2 Å². The number of aryl methyl sites for hydroxylation is 2. The number of carboxylic acids is 4. The number of ketones is 3. The molecule has 1 fully saturated rings. The normalized spacial score (nSPS) is 15.9. The molecule has 1 saturated carbocycles. The molecule has 442 valence electrons. The minimum absolute atomic E-state index is 0.167. The van der Waals surface area contributed by atoms with E-state index in [-0.39, 0.29) is 34.3 Å². The number of Topliss-reactive ketones (excluding diaryl/α,β-unsaturated/α-hetero) is 1. The maximum atomic E-state index is 11.6. The van der Waals surface area contributed by atoms with Crippen LogP contribution in [-0.4, -0.2) is 84.2 Å². The zero-order chi connectivity index (χ0) is 62.3. The molecule has 0 heterocycles. The molecule has 2 aliphatic carbocycles. The van der Waals surface area contributed by atoms with E-state index in [0.717, 1.165) is 65.4 Å². The number of carbonyl (C=O) groups is 8. The number of aliphatic carboxylic acids is 4. The summed E-state index contributed by atoms with van der Waals surface area (Å²) in [5.41, 5.74) is 14.4. The van der Waals surface area contributed by atoms with Crippen molar-refractivity contribution in [2.45, 2.75) is 105 Å². The van der Waals surface area contributed by atoms with E-state index in [2.05, 4.69) is 27.4 Å². The first-order valence-electron chi connectivity index (χ1n) is 26.9. The lowest BCUT2D eigenvalue weighted by Gasteiger charge is -2.47. The first kappa shape index (κ1) is 72.5. The number of hydrogen-bond acceptors (Lipinski definition) is 11. The number of allylic oxidation sites excluding steroid dienone is 4. The summed E-state index contributed by atoms with van der Waals surface area (Å²) in [5, 5.41) is 41.7. The van der Waals surface area contributed by atoms with Crippen molar-refractivity contribution in [2.75, 3.05) is 6.26 Å². The second kappa shape index (κ2) is 40.6. The van der Waals surface area contributed by atoms with Crippen molar-refractivity contribution in [1.82, 2.24) is 0 Å². The second-order valence-corrected chi connectivity index (χ2v) is 20.7. The quantitative estimate of drug-likeness (QED) is 0.0305. The molecule has 0 aromatic heterocycles. The van der Waals surface area contributed by atoms with E-state index < -0.39 is 29.9 Å². The van der Waals surface area contributed by atoms with Gasteiger partial charge >= 0.3 is 23.9 Å². The third kappa shape index (κ3) is 33.7. The fourth-order valence-electron chi connectivity index (χ4n) is 7.90. The molecule has 7 N–H and O–H groups in total. The van der Waals surface area contributed by atoms with Crippen molar-refractivity contribution >= 4 is 76.3 Å². The highest BCUT2D eigenvalue weighted by Crippen LogP contribution is 2.52. The number of thioether (sulfide) groups is 1. The van der Waals surface area contributed by atoms with Gasteiger partial charge < -0.3 is 36.1 Å². The fourth-order valence-corrected chi connectivity index (χ4v) is 8.17. The van der Waals surface area contributed by atoms with Crippen molar-refractivity contribution in [3.63, 3.8) is 0 Å². The Labute approximate surface area is 493 Å². The molecular weight excluding hydrogens is 1070 g/mol. The van der Waals surface area contributed by atoms with Gasteiger partial charge in [-0.1, -0.05) is 189 Å². The number of benzene rings is 5. The molecule has 0 bridgehead atoms. The van der Waals surface area contributed by atoms with Crippen molar-refractivity contribution in [2.24, 2.45) is 23.0 Å². The lowest BCUT2D eigenvalue weighted by Crippen LogP contribution is -2.38. The Morgan fingerprint density at radius 2 is 1.18 bits per heavy atom. The third-order valence-electron chi connectivity index (χ3n) is 13.0. The lowest BCUT2D eigenvalue weighted by molar-refractivity contribution is -0.139. The predicted octanol–water partition coefficient (Wildman–Crippen LogP) is 13.4. The Morgan fingerprint density at radius 1 is 0.711 bits per heavy atom. The van der Waals surface area contributed by atoms with Gasteiger partial charge in [0.2, 0.25) is 0 Å². The van der Waals surface area contributed by atoms with Crippen LogP contribution in [0.4, 0.5) is 0 Å². The van der Waals surface area contributed by atoms with Crippen LogP contribution < -0.4 is 5.73 Å². The van der Waals surface area contributed by atoms with E-state index in [1.807, 2.05) is 141 Å². The standard InChI is InChI=1S/C15H22O.C12H14O.C10H12O.C9H11NO2.C9H8O3.C9H8O2.C4H6O3S/c1-10(2)12-5-6-13-8-14(16)7-11(3)15(13,4)9-12;1-3-12(13)9-8-11-6-4-10(2)5-7-11;1-9(11)7-8-10-5-3-2-4-6-10;10-8(9(11)12)6-7-4-2-1-3-5-7;10-8-4-1-7(2-5-8)3-6-9(11)12;10-9(11)7-6-8-4-2-1-3-5-8;1-8-4(7)2-3(5)6/h8,11-12H,1,5-7,9H2,2-4H3;4-9H,3H2,1-2H3;2-6H,7-8H2,1H3;1-5,8H,6,10H2,(H,11,12);1-6,10H,(H,11,12);1-7H,(H,10,11);2H2,1H3,(H,5,6)/b;9-8+;;;6-3+;7-6+;/t11-,12?,15+;;;;;;/m1....../s1. The predicted molar refractivity (Wildman–Crippen MR) is 333 cm³/mol. The minimum atomic E-state index is -1.07. The molecule has 4 atom stereocenters. The zero-order valence-corrected chi connectivity index (χ0v) is 49.4. The Bertz CT molecular complexity index is 2950. The number of carbonyl (C=O) groups excluding carboxylic acids is 4. The summed E-state index contributed by atoms with van der Waals surface area (Å²) < 4.78 is 0. The van der Waals surface area contributed by atoms with Crippen molar-refractivity contribution in [3.05, 3.63) is 215 Å². The smallest absolute Gasteiger partial charge is 0.328 e. The van der Waals surface area contributed by atoms with Gasteiger partial charge in [-0.15, -0.1) is 0 Å². The van der Waals surface area contributed by atoms with E-state index in [1.165, 1.54) is 53.3 Å². The van der Waals surface area contributed by atoms with Crippen molar-refractivity contribution in [3.8, 4) is 5.75 Å². The van der Waals surface area contributed by atoms with Crippen molar-refractivity contribution < 1.29 is 63.9 Å². The summed E-state index contributed by atoms with van der Waals surface area (Å²) in [5.74, 6) is -1.87. The van der Waals surface area contributed by atoms with E-state index >= 15 is 0 Å². The van der Waals surface area contributed by atoms with Gasteiger partial charge in [-0.3, -0.25) is 24.0 Å². The molecular formula is C68H81NO13S. The largest absolute Gasteiger partial charge is 0.508 e. The number of carboxylic acid groups (broad SMARTS) is 4. The SMILES string of the molecule is C=C(C)C1CCC2=CC(=O)C[C@@H](C)[C@]2(C)C1.CC(=O)CCc1ccccc1.CCC(=O)/C=C/c1ccc(C)cc1.CSC(=O)CC(=O)O.NC(Cc1ccccc1)C(=O)O.O=C(O)/C=C/c1ccc(O)cc1.O=C(O)/C=C/c1ccccc1. The lowest BCUT2D eigenvalue weighted by atomic mass is 9.57. The summed E-state index contributed by atoms with van der Waals surface area (Å²) in [6, 6.07) is 42.3. The molecule has 5 aromatic rings. The van der Waals surface area contributed by atoms with Gasteiger partial charge in [0.05, 0.1) is 0 Å². The number of aromatic hydroxyl groups is 1. The average Bonchev–Trinajstić information content (AvgIpc) is 3.60. The number of phenols is 1. The summed E-state index contributed by atoms with van der Waals surface area (Å²) >= 11 is 0.933. The maximum Gasteiger partial charge on any atom is 0.328 e. The van der Waals surface area contributed by atoms with Crippen LogP contribution >= 0.6 is 11.8 Å². The highest BCUT2D eigenvalue weighted by Gasteiger charge is 2.43. The summed E-state index contributed by atoms with van der Waals surface area (Å²) in [7, 11) is 0. The van der Waals surface area contributed by atoms with Crippen molar-refractivity contribution in [1.29, 1.82) is 0 Å². The Hall–Kier alpha value is -8.53. The summed E-state index contributed by atoms with van der Waals surface area (Å²) in [4.78, 5) is 83.7. The number of fused-ring (bicyclic) bond motifs is 1. The number of nitrogens with two attached hydrogens (primary N) is 1. The molecule has 14 nitrogen and oxygen atoms in total. The molecule has 7 rings (SSSR count). The van der Waals surface area contributed by atoms with Crippen LogP contribution in [0.5, 0.6) is 5.75 Å². The Kier molecular flexibility index (Phi) is 35.5.